The lowest BCUT2D eigenvalue weighted by Crippen LogP contribution is -2.44. The summed E-state index contributed by atoms with van der Waals surface area (Å²) < 4.78 is 7.37. The Morgan fingerprint density at radius 3 is 2.58 bits per heavy atom. The third kappa shape index (κ3) is 4.78. The molecule has 1 aromatic heterocycles. The van der Waals surface area contributed by atoms with E-state index in [0.29, 0.717) is 6.04 Å². The Balaban J connectivity index is 0.00000243. The molecule has 1 aromatic carbocycles. The molecule has 0 amide bonds. The zero-order valence-electron chi connectivity index (χ0n) is 16.3. The van der Waals surface area contributed by atoms with E-state index in [1.807, 2.05) is 12.1 Å². The summed E-state index contributed by atoms with van der Waals surface area (Å²) in [7, 11) is 3.76. The molecule has 1 aliphatic heterocycles. The molecular formula is C20H31ClN4O. The van der Waals surface area contributed by atoms with E-state index in [0.717, 1.165) is 31.1 Å². The zero-order valence-corrected chi connectivity index (χ0v) is 17.1. The first-order valence-corrected chi connectivity index (χ1v) is 9.16. The van der Waals surface area contributed by atoms with Crippen LogP contribution in [0.25, 0.3) is 0 Å². The average molecular weight is 379 g/mol. The van der Waals surface area contributed by atoms with E-state index in [4.69, 9.17) is 9.84 Å². The van der Waals surface area contributed by atoms with E-state index in [9.17, 15) is 0 Å². The minimum atomic E-state index is 0. The molecule has 2 aromatic rings. The summed E-state index contributed by atoms with van der Waals surface area (Å²) in [5.74, 6) is 0.891. The number of halogens is 1. The van der Waals surface area contributed by atoms with Crippen molar-refractivity contribution in [1.29, 1.82) is 0 Å². The van der Waals surface area contributed by atoms with Crippen molar-refractivity contribution in [3.8, 4) is 5.75 Å². The number of ether oxygens (including phenoxy) is 1. The van der Waals surface area contributed by atoms with Gasteiger partial charge >= 0.3 is 0 Å². The number of methoxy groups -OCH3 is 1. The topological polar surface area (TPSA) is 42.3 Å². The number of likely N-dealkylation sites (tertiary alicyclic amines) is 1. The largest absolute Gasteiger partial charge is 0.497 e. The Bertz CT molecular complexity index is 699. The van der Waals surface area contributed by atoms with Crippen LogP contribution in [0.5, 0.6) is 5.75 Å². The smallest absolute Gasteiger partial charge is 0.118 e. The van der Waals surface area contributed by atoms with Gasteiger partial charge in [-0.15, -0.1) is 12.4 Å². The van der Waals surface area contributed by atoms with Crippen LogP contribution in [0.2, 0.25) is 0 Å². The first kappa shape index (κ1) is 20.7. The molecule has 3 rings (SSSR count). The normalized spacial score (nSPS) is 17.8. The first-order chi connectivity index (χ1) is 12.1. The molecule has 5 nitrogen and oxygen atoms in total. The molecule has 1 N–H and O–H groups in total. The van der Waals surface area contributed by atoms with E-state index in [1.165, 1.54) is 36.2 Å². The van der Waals surface area contributed by atoms with Gasteiger partial charge in [0.25, 0.3) is 0 Å². The molecule has 144 valence electrons. The summed E-state index contributed by atoms with van der Waals surface area (Å²) in [5.41, 5.74) is 5.05. The zero-order chi connectivity index (χ0) is 17.8. The van der Waals surface area contributed by atoms with Gasteiger partial charge < -0.3 is 10.1 Å². The number of aryl methyl sites for hydroxylation is 1. The lowest BCUT2D eigenvalue weighted by Gasteiger charge is -2.32. The number of benzene rings is 1. The third-order valence-corrected chi connectivity index (χ3v) is 5.32. The molecule has 0 aliphatic carbocycles. The summed E-state index contributed by atoms with van der Waals surface area (Å²) in [6, 6.07) is 8.85. The average Bonchev–Trinajstić information content (AvgIpc) is 2.90. The van der Waals surface area contributed by atoms with Crippen LogP contribution in [-0.4, -0.2) is 48.0 Å². The van der Waals surface area contributed by atoms with Gasteiger partial charge in [-0.25, -0.2) is 0 Å². The summed E-state index contributed by atoms with van der Waals surface area (Å²) >= 11 is 0. The highest BCUT2D eigenvalue weighted by molar-refractivity contribution is 5.85. The fourth-order valence-corrected chi connectivity index (χ4v) is 3.68. The van der Waals surface area contributed by atoms with Gasteiger partial charge in [0.05, 0.1) is 19.3 Å². The standard InChI is InChI=1S/C20H30N4O.ClH/c1-15-20(14-23-11-5-6-18(13-23)21-3)16(2)24(22-15)12-17-7-9-19(25-4)10-8-17;/h7-10,18,21H,5-6,11-14H2,1-4H3;1H. The fourth-order valence-electron chi connectivity index (χ4n) is 3.68. The van der Waals surface area contributed by atoms with E-state index in [1.54, 1.807) is 7.11 Å². The van der Waals surface area contributed by atoms with Crippen LogP contribution in [0.3, 0.4) is 0 Å². The van der Waals surface area contributed by atoms with E-state index < -0.39 is 0 Å². The second-order valence-electron chi connectivity index (χ2n) is 7.02. The summed E-state index contributed by atoms with van der Waals surface area (Å²) in [5, 5.41) is 8.22. The number of aromatic nitrogens is 2. The van der Waals surface area contributed by atoms with Gasteiger partial charge in [-0.2, -0.15) is 5.10 Å². The Morgan fingerprint density at radius 2 is 1.92 bits per heavy atom. The van der Waals surface area contributed by atoms with Crippen LogP contribution in [-0.2, 0) is 13.1 Å². The fraction of sp³-hybridized carbons (Fsp3) is 0.550. The number of nitrogens with zero attached hydrogens (tertiary/aromatic N) is 3. The first-order valence-electron chi connectivity index (χ1n) is 9.16. The van der Waals surface area contributed by atoms with Gasteiger partial charge in [0, 0.05) is 30.4 Å². The summed E-state index contributed by atoms with van der Waals surface area (Å²) in [6.07, 6.45) is 2.55. The molecule has 0 bridgehead atoms. The van der Waals surface area contributed by atoms with Crippen molar-refractivity contribution in [1.82, 2.24) is 20.0 Å². The lowest BCUT2D eigenvalue weighted by atomic mass is 10.0. The number of nitrogens with one attached hydrogen (secondary N) is 1. The van der Waals surface area contributed by atoms with Gasteiger partial charge in [0.2, 0.25) is 0 Å². The summed E-state index contributed by atoms with van der Waals surface area (Å²) in [6.45, 7) is 8.43. The molecule has 0 radical (unpaired) electrons. The van der Waals surface area contributed by atoms with Gasteiger partial charge in [-0.05, 0) is 58.0 Å². The van der Waals surface area contributed by atoms with Crippen LogP contribution < -0.4 is 10.1 Å². The highest BCUT2D eigenvalue weighted by atomic mass is 35.5. The quantitative estimate of drug-likeness (QED) is 0.838. The Kier molecular flexibility index (Phi) is 7.50. The minimum absolute atomic E-state index is 0. The Labute approximate surface area is 163 Å². The molecule has 0 saturated carbocycles. The predicted molar refractivity (Wildman–Crippen MR) is 108 cm³/mol. The van der Waals surface area contributed by atoms with Crippen LogP contribution in [0.15, 0.2) is 24.3 Å². The molecule has 1 atom stereocenters. The Morgan fingerprint density at radius 1 is 1.19 bits per heavy atom. The van der Waals surface area contributed by atoms with Crippen molar-refractivity contribution in [2.75, 3.05) is 27.2 Å². The second-order valence-corrected chi connectivity index (χ2v) is 7.02. The van der Waals surface area contributed by atoms with Crippen LogP contribution in [0.4, 0.5) is 0 Å². The minimum Gasteiger partial charge on any atom is -0.497 e. The number of hydrogen-bond acceptors (Lipinski definition) is 4. The SMILES string of the molecule is CNC1CCCN(Cc2c(C)nn(Cc3ccc(OC)cc3)c2C)C1.Cl. The molecule has 1 unspecified atom stereocenters. The van der Waals surface area contributed by atoms with Crippen molar-refractivity contribution in [2.24, 2.45) is 0 Å². The maximum Gasteiger partial charge on any atom is 0.118 e. The van der Waals surface area contributed by atoms with Crippen LogP contribution in [0, 0.1) is 13.8 Å². The molecule has 2 heterocycles. The van der Waals surface area contributed by atoms with Gasteiger partial charge in [-0.3, -0.25) is 9.58 Å². The second kappa shape index (κ2) is 9.40. The third-order valence-electron chi connectivity index (χ3n) is 5.32. The number of rotatable bonds is 6. The van der Waals surface area contributed by atoms with Gasteiger partial charge in [-0.1, -0.05) is 12.1 Å². The predicted octanol–water partition coefficient (Wildman–Crippen LogP) is 3.16. The monoisotopic (exact) mass is 378 g/mol. The van der Waals surface area contributed by atoms with E-state index >= 15 is 0 Å². The van der Waals surface area contributed by atoms with Crippen molar-refractivity contribution in [3.05, 3.63) is 46.8 Å². The highest BCUT2D eigenvalue weighted by Gasteiger charge is 2.21. The van der Waals surface area contributed by atoms with E-state index in [-0.39, 0.29) is 12.4 Å². The van der Waals surface area contributed by atoms with Crippen molar-refractivity contribution < 1.29 is 4.74 Å². The Hall–Kier alpha value is -1.56. The van der Waals surface area contributed by atoms with Crippen molar-refractivity contribution >= 4 is 12.4 Å². The molecule has 0 spiro atoms. The van der Waals surface area contributed by atoms with Gasteiger partial charge in [0.1, 0.15) is 5.75 Å². The summed E-state index contributed by atoms with van der Waals surface area (Å²) in [4.78, 5) is 2.55. The highest BCUT2D eigenvalue weighted by Crippen LogP contribution is 2.20. The molecule has 6 heteroatoms. The molecule has 1 saturated heterocycles. The van der Waals surface area contributed by atoms with Crippen LogP contribution in [0.1, 0.15) is 35.4 Å². The van der Waals surface area contributed by atoms with Crippen molar-refractivity contribution in [2.45, 2.75) is 45.8 Å². The maximum absolute atomic E-state index is 5.24. The number of likely N-dealkylation sites (N-methyl/N-ethyl adjacent to an activating group) is 1. The molecule has 1 aliphatic rings. The lowest BCUT2D eigenvalue weighted by molar-refractivity contribution is 0.187. The van der Waals surface area contributed by atoms with Gasteiger partial charge in [0.15, 0.2) is 0 Å². The maximum atomic E-state index is 5.24. The number of piperidine rings is 1. The molecule has 26 heavy (non-hydrogen) atoms. The molecular weight excluding hydrogens is 348 g/mol. The number of hydrogen-bond donors (Lipinski definition) is 1. The molecule has 1 fully saturated rings. The van der Waals surface area contributed by atoms with Crippen LogP contribution >= 0.6 is 12.4 Å². The van der Waals surface area contributed by atoms with Crippen molar-refractivity contribution in [3.63, 3.8) is 0 Å². The van der Waals surface area contributed by atoms with E-state index in [2.05, 4.69) is 47.9 Å².